The quantitative estimate of drug-likeness (QED) is 0.596. The Hall–Kier alpha value is -1.56. The number of methoxy groups -OCH3 is 1. The molecule has 0 fully saturated rings. The second kappa shape index (κ2) is 7.45. The van der Waals surface area contributed by atoms with Crippen molar-refractivity contribution in [3.05, 3.63) is 29.6 Å². The van der Waals surface area contributed by atoms with Crippen molar-refractivity contribution in [2.45, 2.75) is 26.4 Å². The third-order valence-electron chi connectivity index (χ3n) is 2.35. The average Bonchev–Trinajstić information content (AvgIpc) is 2.36. The van der Waals surface area contributed by atoms with Gasteiger partial charge in [0.05, 0.1) is 18.6 Å². The summed E-state index contributed by atoms with van der Waals surface area (Å²) in [7, 11) is 1.36. The van der Waals surface area contributed by atoms with Crippen LogP contribution in [0, 0.1) is 5.82 Å². The normalized spacial score (nSPS) is 11.1. The Morgan fingerprint density at radius 1 is 1.24 bits per heavy atom. The van der Waals surface area contributed by atoms with Gasteiger partial charge in [0.25, 0.3) is 0 Å². The van der Waals surface area contributed by atoms with E-state index >= 15 is 0 Å². The van der Waals surface area contributed by atoms with Gasteiger partial charge in [0.2, 0.25) is 0 Å². The van der Waals surface area contributed by atoms with E-state index < -0.39 is 11.4 Å². The van der Waals surface area contributed by atoms with Crippen molar-refractivity contribution >= 4 is 23.5 Å². The minimum Gasteiger partial charge on any atom is -0.494 e. The van der Waals surface area contributed by atoms with E-state index in [1.54, 1.807) is 20.8 Å². The summed E-state index contributed by atoms with van der Waals surface area (Å²) in [5, 5.41) is 0. The molecule has 1 rings (SSSR count). The lowest BCUT2D eigenvalue weighted by molar-refractivity contribution is -0.151. The van der Waals surface area contributed by atoms with Crippen LogP contribution in [0.4, 0.5) is 4.39 Å². The number of rotatable bonds is 6. The summed E-state index contributed by atoms with van der Waals surface area (Å²) in [6, 6.07) is 4.04. The van der Waals surface area contributed by atoms with E-state index in [-0.39, 0.29) is 34.6 Å². The minimum atomic E-state index is -0.583. The molecular formula is C15H19FO4S. The maximum absolute atomic E-state index is 13.5. The molecule has 1 aromatic rings. The molecule has 4 nitrogen and oxygen atoms in total. The number of ether oxygens (including phenoxy) is 2. The third-order valence-corrected chi connectivity index (χ3v) is 3.25. The molecule has 0 aliphatic rings. The van der Waals surface area contributed by atoms with Crippen LogP contribution < -0.4 is 4.74 Å². The van der Waals surface area contributed by atoms with E-state index in [4.69, 9.17) is 9.47 Å². The molecule has 116 valence electrons. The average molecular weight is 314 g/mol. The lowest BCUT2D eigenvalue weighted by Crippen LogP contribution is -2.25. The van der Waals surface area contributed by atoms with Crippen LogP contribution in [-0.2, 0) is 9.53 Å². The largest absolute Gasteiger partial charge is 0.494 e. The third kappa shape index (κ3) is 6.16. The molecule has 0 radical (unpaired) electrons. The number of carbonyl (C=O) groups excluding carboxylic acids is 2. The first kappa shape index (κ1) is 17.5. The van der Waals surface area contributed by atoms with Crippen LogP contribution in [0.25, 0.3) is 0 Å². The maximum Gasteiger partial charge on any atom is 0.316 e. The number of hydrogen-bond acceptors (Lipinski definition) is 5. The fourth-order valence-electron chi connectivity index (χ4n) is 1.52. The highest BCUT2D eigenvalue weighted by molar-refractivity contribution is 8.00. The van der Waals surface area contributed by atoms with Crippen LogP contribution in [0.15, 0.2) is 18.2 Å². The van der Waals surface area contributed by atoms with Gasteiger partial charge >= 0.3 is 5.97 Å². The summed E-state index contributed by atoms with van der Waals surface area (Å²) < 4.78 is 23.4. The number of ketones is 1. The molecule has 0 aliphatic heterocycles. The second-order valence-corrected chi connectivity index (χ2v) is 6.34. The van der Waals surface area contributed by atoms with Crippen molar-refractivity contribution in [1.82, 2.24) is 0 Å². The molecule has 0 bridgehead atoms. The highest BCUT2D eigenvalue weighted by Crippen LogP contribution is 2.19. The molecule has 1 aromatic carbocycles. The molecule has 0 saturated heterocycles. The standard InChI is InChI=1S/C15H19FO4S/c1-15(2,3)20-14(18)9-21-8-12(17)10-5-6-13(19-4)11(16)7-10/h5-7H,8-9H2,1-4H3. The second-order valence-electron chi connectivity index (χ2n) is 5.35. The van der Waals surface area contributed by atoms with Crippen LogP contribution in [0.1, 0.15) is 31.1 Å². The lowest BCUT2D eigenvalue weighted by atomic mass is 10.1. The zero-order chi connectivity index (χ0) is 16.0. The Labute approximate surface area is 128 Å². The van der Waals surface area contributed by atoms with Gasteiger partial charge in [-0.3, -0.25) is 9.59 Å². The van der Waals surface area contributed by atoms with Gasteiger partial charge in [-0.25, -0.2) is 4.39 Å². The first-order chi connectivity index (χ1) is 9.73. The van der Waals surface area contributed by atoms with Gasteiger partial charge in [-0.1, -0.05) is 0 Å². The van der Waals surface area contributed by atoms with Crippen molar-refractivity contribution < 1.29 is 23.5 Å². The predicted molar refractivity (Wildman–Crippen MR) is 80.5 cm³/mol. The summed E-state index contributed by atoms with van der Waals surface area (Å²) in [5.74, 6) is -0.938. The molecule has 6 heteroatoms. The first-order valence-corrected chi connectivity index (χ1v) is 7.55. The maximum atomic E-state index is 13.5. The molecule has 0 unspecified atom stereocenters. The summed E-state index contributed by atoms with van der Waals surface area (Å²) >= 11 is 1.14. The number of carbonyl (C=O) groups is 2. The predicted octanol–water partition coefficient (Wildman–Crippen LogP) is 3.09. The fraction of sp³-hybridized carbons (Fsp3) is 0.467. The van der Waals surface area contributed by atoms with Gasteiger partial charge in [-0.15, -0.1) is 11.8 Å². The minimum absolute atomic E-state index is 0.0850. The van der Waals surface area contributed by atoms with Crippen LogP contribution in [0.3, 0.4) is 0 Å². The van der Waals surface area contributed by atoms with Gasteiger partial charge < -0.3 is 9.47 Å². The number of Topliss-reactive ketones (excluding diaryl/α,β-unsaturated/α-hetero) is 1. The molecule has 0 amide bonds. The van der Waals surface area contributed by atoms with Crippen molar-refractivity contribution in [2.75, 3.05) is 18.6 Å². The van der Waals surface area contributed by atoms with Gasteiger partial charge in [-0.2, -0.15) is 0 Å². The van der Waals surface area contributed by atoms with Gasteiger partial charge in [-0.05, 0) is 39.0 Å². The van der Waals surface area contributed by atoms with Crippen molar-refractivity contribution in [2.24, 2.45) is 0 Å². The lowest BCUT2D eigenvalue weighted by Gasteiger charge is -2.19. The number of benzene rings is 1. The highest BCUT2D eigenvalue weighted by Gasteiger charge is 2.17. The molecule has 21 heavy (non-hydrogen) atoms. The summed E-state index contributed by atoms with van der Waals surface area (Å²) in [6.45, 7) is 5.34. The topological polar surface area (TPSA) is 52.6 Å². The van der Waals surface area contributed by atoms with Gasteiger partial charge in [0, 0.05) is 5.56 Å². The summed E-state index contributed by atoms with van der Waals surface area (Å²) in [6.07, 6.45) is 0. The number of halogens is 1. The van der Waals surface area contributed by atoms with E-state index in [1.165, 1.54) is 19.2 Å². The van der Waals surface area contributed by atoms with Crippen LogP contribution in [-0.4, -0.2) is 36.0 Å². The number of thioether (sulfide) groups is 1. The summed E-state index contributed by atoms with van der Waals surface area (Å²) in [4.78, 5) is 23.4. The van der Waals surface area contributed by atoms with E-state index in [2.05, 4.69) is 0 Å². The zero-order valence-corrected chi connectivity index (χ0v) is 13.4. The van der Waals surface area contributed by atoms with Gasteiger partial charge in [0.1, 0.15) is 5.60 Å². The zero-order valence-electron chi connectivity index (χ0n) is 12.6. The SMILES string of the molecule is COc1ccc(C(=O)CSCC(=O)OC(C)(C)C)cc1F. The van der Waals surface area contributed by atoms with Crippen LogP contribution in [0.5, 0.6) is 5.75 Å². The molecule has 0 atom stereocenters. The molecule has 0 aromatic heterocycles. The van der Waals surface area contributed by atoms with E-state index in [1.807, 2.05) is 0 Å². The molecular weight excluding hydrogens is 295 g/mol. The highest BCUT2D eigenvalue weighted by atomic mass is 32.2. The smallest absolute Gasteiger partial charge is 0.316 e. The first-order valence-electron chi connectivity index (χ1n) is 6.39. The number of hydrogen-bond donors (Lipinski definition) is 0. The molecule has 0 spiro atoms. The molecule has 0 aliphatic carbocycles. The number of esters is 1. The van der Waals surface area contributed by atoms with Crippen LogP contribution >= 0.6 is 11.8 Å². The Kier molecular flexibility index (Phi) is 6.20. The Balaban J connectivity index is 2.47. The molecule has 0 saturated carbocycles. The molecule has 0 heterocycles. The van der Waals surface area contributed by atoms with E-state index in [9.17, 15) is 14.0 Å². The van der Waals surface area contributed by atoms with Gasteiger partial charge in [0.15, 0.2) is 17.3 Å². The van der Waals surface area contributed by atoms with Crippen LogP contribution in [0.2, 0.25) is 0 Å². The fourth-order valence-corrected chi connectivity index (χ4v) is 2.20. The Bertz CT molecular complexity index is 523. The van der Waals surface area contributed by atoms with Crippen molar-refractivity contribution in [3.8, 4) is 5.75 Å². The van der Waals surface area contributed by atoms with E-state index in [0.717, 1.165) is 17.8 Å². The van der Waals surface area contributed by atoms with Crippen molar-refractivity contribution in [3.63, 3.8) is 0 Å². The Morgan fingerprint density at radius 3 is 2.43 bits per heavy atom. The Morgan fingerprint density at radius 2 is 1.90 bits per heavy atom. The summed E-state index contributed by atoms with van der Waals surface area (Å²) in [5.41, 5.74) is -0.286. The molecule has 0 N–H and O–H groups in total. The van der Waals surface area contributed by atoms with Crippen molar-refractivity contribution in [1.29, 1.82) is 0 Å². The monoisotopic (exact) mass is 314 g/mol. The van der Waals surface area contributed by atoms with E-state index in [0.29, 0.717) is 0 Å².